The summed E-state index contributed by atoms with van der Waals surface area (Å²) in [6.07, 6.45) is 1.11. The van der Waals surface area contributed by atoms with Gasteiger partial charge in [0.2, 0.25) is 5.95 Å². The maximum Gasteiger partial charge on any atom is 0.201 e. The van der Waals surface area contributed by atoms with Crippen LogP contribution in [-0.2, 0) is 0 Å². The van der Waals surface area contributed by atoms with Crippen LogP contribution in [-0.4, -0.2) is 16.5 Å². The molecule has 3 nitrogen and oxygen atoms in total. The predicted molar refractivity (Wildman–Crippen MR) is 59.6 cm³/mol. The number of hydrogen-bond acceptors (Lipinski definition) is 2. The zero-order valence-electron chi connectivity index (χ0n) is 8.59. The minimum absolute atomic E-state index is 0.868. The maximum absolute atomic E-state index is 4.42. The number of nitrogens with zero attached hydrogens (tertiary/aromatic N) is 1. The molecule has 0 aliphatic rings. The normalized spacial score (nSPS) is 10.7. The molecule has 0 atom stereocenters. The number of imidazole rings is 1. The molecule has 0 amide bonds. The van der Waals surface area contributed by atoms with E-state index in [2.05, 4.69) is 41.3 Å². The standard InChI is InChI=1S/C11H15N3/c1-3-6-12-11-13-9-5-4-8(2)7-10(9)14-11/h4-5,7H,3,6H2,1-2H3,(H2,12,13,14). The molecule has 74 valence electrons. The third-order valence-corrected chi connectivity index (χ3v) is 2.18. The Morgan fingerprint density at radius 3 is 3.07 bits per heavy atom. The second-order valence-corrected chi connectivity index (χ2v) is 3.53. The van der Waals surface area contributed by atoms with Gasteiger partial charge in [-0.25, -0.2) is 4.98 Å². The summed E-state index contributed by atoms with van der Waals surface area (Å²) in [5, 5.41) is 3.24. The summed E-state index contributed by atoms with van der Waals surface area (Å²) < 4.78 is 0. The highest BCUT2D eigenvalue weighted by atomic mass is 15.1. The van der Waals surface area contributed by atoms with Gasteiger partial charge in [0.1, 0.15) is 0 Å². The molecule has 14 heavy (non-hydrogen) atoms. The van der Waals surface area contributed by atoms with Crippen molar-refractivity contribution in [3.63, 3.8) is 0 Å². The average Bonchev–Trinajstić information content (AvgIpc) is 2.56. The highest BCUT2D eigenvalue weighted by Gasteiger charge is 2.00. The molecule has 1 aromatic carbocycles. The lowest BCUT2D eigenvalue weighted by Gasteiger charge is -1.96. The van der Waals surface area contributed by atoms with Gasteiger partial charge >= 0.3 is 0 Å². The van der Waals surface area contributed by atoms with E-state index in [9.17, 15) is 0 Å². The Morgan fingerprint density at radius 1 is 1.43 bits per heavy atom. The van der Waals surface area contributed by atoms with E-state index in [1.54, 1.807) is 0 Å². The fraction of sp³-hybridized carbons (Fsp3) is 0.364. The molecule has 0 unspecified atom stereocenters. The van der Waals surface area contributed by atoms with Crippen LogP contribution in [0.2, 0.25) is 0 Å². The van der Waals surface area contributed by atoms with Gasteiger partial charge in [-0.1, -0.05) is 13.0 Å². The van der Waals surface area contributed by atoms with Crippen molar-refractivity contribution in [3.8, 4) is 0 Å². The van der Waals surface area contributed by atoms with Crippen LogP contribution in [0.5, 0.6) is 0 Å². The Bertz CT molecular complexity index is 431. The van der Waals surface area contributed by atoms with Crippen LogP contribution in [0.15, 0.2) is 18.2 Å². The van der Waals surface area contributed by atoms with Crippen molar-refractivity contribution in [1.82, 2.24) is 9.97 Å². The first-order valence-corrected chi connectivity index (χ1v) is 5.00. The predicted octanol–water partition coefficient (Wildman–Crippen LogP) is 2.69. The lowest BCUT2D eigenvalue weighted by Crippen LogP contribution is -2.00. The van der Waals surface area contributed by atoms with Gasteiger partial charge in [0.15, 0.2) is 0 Å². The molecule has 0 fully saturated rings. The fourth-order valence-electron chi connectivity index (χ4n) is 1.45. The second kappa shape index (κ2) is 3.70. The Balaban J connectivity index is 2.32. The van der Waals surface area contributed by atoms with Crippen LogP contribution in [0.25, 0.3) is 11.0 Å². The van der Waals surface area contributed by atoms with Crippen molar-refractivity contribution in [1.29, 1.82) is 0 Å². The van der Waals surface area contributed by atoms with Crippen molar-refractivity contribution < 1.29 is 0 Å². The van der Waals surface area contributed by atoms with Gasteiger partial charge in [-0.15, -0.1) is 0 Å². The van der Waals surface area contributed by atoms with Gasteiger partial charge in [0.25, 0.3) is 0 Å². The molecule has 0 radical (unpaired) electrons. The number of rotatable bonds is 3. The number of aromatic nitrogens is 2. The van der Waals surface area contributed by atoms with Crippen molar-refractivity contribution >= 4 is 17.0 Å². The number of hydrogen-bond donors (Lipinski definition) is 2. The second-order valence-electron chi connectivity index (χ2n) is 3.53. The number of benzene rings is 1. The summed E-state index contributed by atoms with van der Waals surface area (Å²) in [6.45, 7) is 5.18. The molecule has 2 rings (SSSR count). The minimum Gasteiger partial charge on any atom is -0.356 e. The first-order chi connectivity index (χ1) is 6.79. The summed E-state index contributed by atoms with van der Waals surface area (Å²) in [7, 11) is 0. The van der Waals surface area contributed by atoms with Gasteiger partial charge in [0.05, 0.1) is 11.0 Å². The molecule has 0 spiro atoms. The summed E-state index contributed by atoms with van der Waals surface area (Å²) >= 11 is 0. The van der Waals surface area contributed by atoms with E-state index in [4.69, 9.17) is 0 Å². The molecule has 2 N–H and O–H groups in total. The van der Waals surface area contributed by atoms with Crippen molar-refractivity contribution in [3.05, 3.63) is 23.8 Å². The number of H-pyrrole nitrogens is 1. The first kappa shape index (κ1) is 9.06. The van der Waals surface area contributed by atoms with E-state index >= 15 is 0 Å². The third kappa shape index (κ3) is 1.71. The van der Waals surface area contributed by atoms with Gasteiger partial charge in [-0.05, 0) is 31.0 Å². The Morgan fingerprint density at radius 2 is 2.29 bits per heavy atom. The largest absolute Gasteiger partial charge is 0.356 e. The Kier molecular flexibility index (Phi) is 2.39. The monoisotopic (exact) mass is 189 g/mol. The summed E-state index contributed by atoms with van der Waals surface area (Å²) in [6, 6.07) is 6.23. The molecule has 0 aliphatic heterocycles. The minimum atomic E-state index is 0.868. The summed E-state index contributed by atoms with van der Waals surface area (Å²) in [5.41, 5.74) is 3.38. The van der Waals surface area contributed by atoms with Crippen LogP contribution in [0, 0.1) is 6.92 Å². The zero-order valence-corrected chi connectivity index (χ0v) is 8.59. The first-order valence-electron chi connectivity index (χ1n) is 5.00. The highest BCUT2D eigenvalue weighted by Crippen LogP contribution is 2.15. The zero-order chi connectivity index (χ0) is 9.97. The van der Waals surface area contributed by atoms with Crippen molar-refractivity contribution in [2.45, 2.75) is 20.3 Å². The van der Waals surface area contributed by atoms with E-state index in [1.165, 1.54) is 5.56 Å². The quantitative estimate of drug-likeness (QED) is 0.779. The van der Waals surface area contributed by atoms with Gasteiger partial charge in [-0.2, -0.15) is 0 Å². The van der Waals surface area contributed by atoms with Crippen LogP contribution < -0.4 is 5.32 Å². The van der Waals surface area contributed by atoms with E-state index in [0.29, 0.717) is 0 Å². The molecule has 3 heteroatoms. The van der Waals surface area contributed by atoms with E-state index < -0.39 is 0 Å². The molecule has 0 saturated carbocycles. The van der Waals surface area contributed by atoms with Crippen LogP contribution in [0.4, 0.5) is 5.95 Å². The number of anilines is 1. The van der Waals surface area contributed by atoms with Gasteiger partial charge < -0.3 is 10.3 Å². The molecule has 2 aromatic rings. The SMILES string of the molecule is CCCNc1nc2ccc(C)cc2[nH]1. The van der Waals surface area contributed by atoms with Gasteiger partial charge in [-0.3, -0.25) is 0 Å². The van der Waals surface area contributed by atoms with Crippen LogP contribution >= 0.6 is 0 Å². The van der Waals surface area contributed by atoms with Crippen molar-refractivity contribution in [2.24, 2.45) is 0 Å². The Hall–Kier alpha value is -1.51. The van der Waals surface area contributed by atoms with E-state index in [-0.39, 0.29) is 0 Å². The molecular weight excluding hydrogens is 174 g/mol. The van der Waals surface area contributed by atoms with Gasteiger partial charge in [0, 0.05) is 6.54 Å². The third-order valence-electron chi connectivity index (χ3n) is 2.18. The highest BCUT2D eigenvalue weighted by molar-refractivity contribution is 5.78. The Labute approximate surface area is 83.6 Å². The molecule has 0 bridgehead atoms. The number of aryl methyl sites for hydroxylation is 1. The maximum atomic E-state index is 4.42. The topological polar surface area (TPSA) is 40.7 Å². The number of aromatic amines is 1. The smallest absolute Gasteiger partial charge is 0.201 e. The molecule has 0 saturated heterocycles. The molecule has 1 aromatic heterocycles. The van der Waals surface area contributed by atoms with E-state index in [0.717, 1.165) is 29.9 Å². The lowest BCUT2D eigenvalue weighted by atomic mass is 10.2. The number of nitrogens with one attached hydrogen (secondary N) is 2. The van der Waals surface area contributed by atoms with Crippen LogP contribution in [0.1, 0.15) is 18.9 Å². The molecule has 1 heterocycles. The van der Waals surface area contributed by atoms with Crippen molar-refractivity contribution in [2.75, 3.05) is 11.9 Å². The van der Waals surface area contributed by atoms with Crippen LogP contribution in [0.3, 0.4) is 0 Å². The lowest BCUT2D eigenvalue weighted by molar-refractivity contribution is 0.964. The molecule has 0 aliphatic carbocycles. The summed E-state index contributed by atoms with van der Waals surface area (Å²) in [5.74, 6) is 0.868. The van der Waals surface area contributed by atoms with E-state index in [1.807, 2.05) is 6.07 Å². The fourth-order valence-corrected chi connectivity index (χ4v) is 1.45. The number of fused-ring (bicyclic) bond motifs is 1. The average molecular weight is 189 g/mol. The summed E-state index contributed by atoms with van der Waals surface area (Å²) in [4.78, 5) is 7.67. The molecular formula is C11H15N3.